The molecule has 2 aliphatic heterocycles. The van der Waals surface area contributed by atoms with Gasteiger partial charge in [0, 0.05) is 0 Å². The van der Waals surface area contributed by atoms with Crippen LogP contribution in [0.3, 0.4) is 0 Å². The molecule has 0 unspecified atom stereocenters. The van der Waals surface area contributed by atoms with Crippen molar-refractivity contribution in [2.75, 3.05) is 13.2 Å². The van der Waals surface area contributed by atoms with Gasteiger partial charge in [0.25, 0.3) is 5.56 Å². The van der Waals surface area contributed by atoms with E-state index in [9.17, 15) is 54.8 Å². The normalized spacial score (nSPS) is 41.3. The summed E-state index contributed by atoms with van der Waals surface area (Å²) in [6, 6.07) is 0. The highest BCUT2D eigenvalue weighted by Gasteiger charge is 2.47. The first-order valence-electron chi connectivity index (χ1n) is 9.19. The Balaban J connectivity index is 2.11. The zero-order chi connectivity index (χ0) is 23.2. The molecule has 0 spiro atoms. The number of hydrogen-bond acceptors (Lipinski definition) is 12. The maximum absolute atomic E-state index is 14.4. The van der Waals surface area contributed by atoms with E-state index >= 15 is 0 Å². The third-order valence-electron chi connectivity index (χ3n) is 5.37. The molecule has 14 nitrogen and oxygen atoms in total. The van der Waals surface area contributed by atoms with E-state index in [-0.39, 0.29) is 4.57 Å². The first-order valence-corrected chi connectivity index (χ1v) is 9.19. The predicted octanol–water partition coefficient (Wildman–Crippen LogP) is -5.91. The Morgan fingerprint density at radius 1 is 0.774 bits per heavy atom. The van der Waals surface area contributed by atoms with Gasteiger partial charge in [0.05, 0.1) is 19.4 Å². The molecule has 8 N–H and O–H groups in total. The second-order valence-electron chi connectivity index (χ2n) is 7.28. The third kappa shape index (κ3) is 3.93. The van der Waals surface area contributed by atoms with Gasteiger partial charge in [-0.05, 0) is 0 Å². The van der Waals surface area contributed by atoms with Gasteiger partial charge in [0.15, 0.2) is 12.5 Å². The molecule has 2 fully saturated rings. The van der Waals surface area contributed by atoms with E-state index in [0.29, 0.717) is 10.8 Å². The van der Waals surface area contributed by atoms with E-state index < -0.39 is 91.6 Å². The summed E-state index contributed by atoms with van der Waals surface area (Å²) in [5.74, 6) is -1.59. The minimum atomic E-state index is -2.10. The van der Waals surface area contributed by atoms with Crippen LogP contribution in [0.4, 0.5) is 4.39 Å². The molecule has 0 radical (unpaired) electrons. The second-order valence-corrected chi connectivity index (χ2v) is 7.28. The lowest BCUT2D eigenvalue weighted by Crippen LogP contribution is -2.61. The lowest BCUT2D eigenvalue weighted by Gasteiger charge is -2.42. The van der Waals surface area contributed by atoms with Gasteiger partial charge in [0.1, 0.15) is 48.8 Å². The summed E-state index contributed by atoms with van der Waals surface area (Å²) in [5.41, 5.74) is -3.03. The van der Waals surface area contributed by atoms with Crippen LogP contribution < -0.4 is 11.2 Å². The van der Waals surface area contributed by atoms with Crippen molar-refractivity contribution in [3.63, 3.8) is 0 Å². The number of nitrogens with zero attached hydrogens (tertiary/aromatic N) is 2. The van der Waals surface area contributed by atoms with Gasteiger partial charge in [-0.1, -0.05) is 0 Å². The van der Waals surface area contributed by atoms with Gasteiger partial charge in [-0.3, -0.25) is 9.36 Å². The Bertz CT molecular complexity index is 904. The van der Waals surface area contributed by atoms with Gasteiger partial charge >= 0.3 is 5.69 Å². The Morgan fingerprint density at radius 2 is 1.23 bits per heavy atom. The Kier molecular flexibility index (Phi) is 6.92. The van der Waals surface area contributed by atoms with Gasteiger partial charge in [0.2, 0.25) is 5.82 Å². The van der Waals surface area contributed by atoms with Crippen molar-refractivity contribution in [1.29, 1.82) is 0 Å². The summed E-state index contributed by atoms with van der Waals surface area (Å²) in [7, 11) is 0. The monoisotopic (exact) mass is 454 g/mol. The molecule has 3 rings (SSSR count). The van der Waals surface area contributed by atoms with Crippen LogP contribution in [0.25, 0.3) is 0 Å². The number of aromatic nitrogens is 2. The minimum absolute atomic E-state index is 0.0409. The fourth-order valence-electron chi connectivity index (χ4n) is 3.57. The number of halogens is 1. The molecule has 3 heterocycles. The molecule has 1 aromatic heterocycles. The summed E-state index contributed by atoms with van der Waals surface area (Å²) < 4.78 is 25.1. The van der Waals surface area contributed by atoms with Crippen LogP contribution in [0, 0.1) is 5.82 Å². The molecule has 10 atom stereocenters. The second kappa shape index (κ2) is 8.99. The summed E-state index contributed by atoms with van der Waals surface area (Å²) in [4.78, 5) is 25.3. The van der Waals surface area contributed by atoms with Crippen LogP contribution in [0.2, 0.25) is 0 Å². The number of rotatable bonds is 4. The highest BCUT2D eigenvalue weighted by molar-refractivity contribution is 5.00. The van der Waals surface area contributed by atoms with Gasteiger partial charge in [-0.2, -0.15) is 4.39 Å². The zero-order valence-corrected chi connectivity index (χ0v) is 15.7. The lowest BCUT2D eigenvalue weighted by molar-refractivity contribution is -0.258. The number of ether oxygens (including phenoxy) is 2. The summed E-state index contributed by atoms with van der Waals surface area (Å²) >= 11 is 0. The van der Waals surface area contributed by atoms with Crippen molar-refractivity contribution < 1.29 is 54.7 Å². The first-order chi connectivity index (χ1) is 14.5. The smallest absolute Gasteiger partial charge is 0.335 e. The quantitative estimate of drug-likeness (QED) is 0.213. The van der Waals surface area contributed by atoms with E-state index in [1.165, 1.54) is 0 Å². The molecular weight excluding hydrogens is 431 g/mol. The van der Waals surface area contributed by atoms with Crippen LogP contribution in [-0.4, -0.2) is 112 Å². The van der Waals surface area contributed by atoms with Crippen molar-refractivity contribution in [3.05, 3.63) is 32.9 Å². The summed E-state index contributed by atoms with van der Waals surface area (Å²) in [6.45, 7) is -1.72. The fraction of sp³-hybridized carbons (Fsp3) is 0.750. The van der Waals surface area contributed by atoms with Crippen molar-refractivity contribution in [1.82, 2.24) is 9.13 Å². The van der Waals surface area contributed by atoms with Gasteiger partial charge < -0.3 is 50.3 Å². The molecule has 2 saturated heterocycles. The zero-order valence-electron chi connectivity index (χ0n) is 15.7. The van der Waals surface area contributed by atoms with Crippen LogP contribution in [0.15, 0.2) is 15.8 Å². The molecule has 0 aromatic carbocycles. The Labute approximate surface area is 172 Å². The molecular formula is C16H23FN2O12. The largest absolute Gasteiger partial charge is 0.394 e. The van der Waals surface area contributed by atoms with Crippen molar-refractivity contribution in [2.45, 2.75) is 61.3 Å². The third-order valence-corrected chi connectivity index (χ3v) is 5.37. The SMILES string of the molecule is O=c1c(F)cn([C@@H]2O[C@H](CO)[C@@H](O)[C@H](O)[C@H]2O)c(=O)n1[C@@H]1O[C@H](CO)[C@@H](O)[C@H](O)[C@H]1O. The Morgan fingerprint density at radius 3 is 1.71 bits per heavy atom. The van der Waals surface area contributed by atoms with E-state index in [0.717, 1.165) is 0 Å². The highest BCUT2D eigenvalue weighted by Crippen LogP contribution is 2.29. The first kappa shape index (κ1) is 23.9. The van der Waals surface area contributed by atoms with Crippen LogP contribution >= 0.6 is 0 Å². The van der Waals surface area contributed by atoms with E-state index in [1.54, 1.807) is 0 Å². The van der Waals surface area contributed by atoms with E-state index in [4.69, 9.17) is 9.47 Å². The van der Waals surface area contributed by atoms with Gasteiger partial charge in [-0.15, -0.1) is 0 Å². The molecule has 176 valence electrons. The Hall–Kier alpha value is -1.79. The molecule has 0 saturated carbocycles. The molecule has 0 amide bonds. The maximum atomic E-state index is 14.4. The number of hydrogen-bond donors (Lipinski definition) is 8. The van der Waals surface area contributed by atoms with Crippen LogP contribution in [-0.2, 0) is 9.47 Å². The summed E-state index contributed by atoms with van der Waals surface area (Å²) in [5, 5.41) is 78.5. The molecule has 15 heteroatoms. The van der Waals surface area contributed by atoms with Crippen molar-refractivity contribution in [3.8, 4) is 0 Å². The van der Waals surface area contributed by atoms with Crippen LogP contribution in [0.1, 0.15) is 12.5 Å². The maximum Gasteiger partial charge on any atom is 0.335 e. The lowest BCUT2D eigenvalue weighted by atomic mass is 9.98. The average molecular weight is 454 g/mol. The molecule has 0 bridgehead atoms. The average Bonchev–Trinajstić information content (AvgIpc) is 2.75. The molecule has 31 heavy (non-hydrogen) atoms. The van der Waals surface area contributed by atoms with E-state index in [1.807, 2.05) is 0 Å². The topological polar surface area (TPSA) is 224 Å². The molecule has 2 aliphatic rings. The highest BCUT2D eigenvalue weighted by atomic mass is 19.1. The van der Waals surface area contributed by atoms with E-state index in [2.05, 4.69) is 0 Å². The summed E-state index contributed by atoms with van der Waals surface area (Å²) in [6.07, 6.45) is -18.1. The van der Waals surface area contributed by atoms with Crippen LogP contribution in [0.5, 0.6) is 0 Å². The van der Waals surface area contributed by atoms with Crippen molar-refractivity contribution in [2.24, 2.45) is 0 Å². The fourth-order valence-corrected chi connectivity index (χ4v) is 3.57. The molecule has 1 aromatic rings. The van der Waals surface area contributed by atoms with Gasteiger partial charge in [-0.25, -0.2) is 9.36 Å². The minimum Gasteiger partial charge on any atom is -0.394 e. The molecule has 0 aliphatic carbocycles. The predicted molar refractivity (Wildman–Crippen MR) is 93.0 cm³/mol. The van der Waals surface area contributed by atoms with Crippen molar-refractivity contribution >= 4 is 0 Å². The standard InChI is InChI=1S/C16H23FN2O12/c17-4-1-18(14-11(26)9(24)7(22)5(2-20)30-14)16(29)19(13(4)28)15-12(27)10(25)8(23)6(3-21)31-15/h1,5-12,14-15,20-27H,2-3H2/t5-,6-,7-,8-,9+,10+,11-,12-,14-,15-/m1/s1. The number of aliphatic hydroxyl groups excluding tert-OH is 8. The number of aliphatic hydroxyl groups is 8.